The van der Waals surface area contributed by atoms with Crippen molar-refractivity contribution < 1.29 is 13.6 Å². The highest BCUT2D eigenvalue weighted by Gasteiger charge is 2.22. The highest BCUT2D eigenvalue weighted by molar-refractivity contribution is 6.30. The van der Waals surface area contributed by atoms with Crippen molar-refractivity contribution in [3.63, 3.8) is 0 Å². The van der Waals surface area contributed by atoms with Crippen LogP contribution in [0.3, 0.4) is 0 Å². The van der Waals surface area contributed by atoms with E-state index in [1.165, 1.54) is 30.7 Å². The fraction of sp³-hybridized carbons (Fsp3) is 0.533. The topological polar surface area (TPSA) is 29.1 Å². The smallest absolute Gasteiger partial charge is 0.263 e. The van der Waals surface area contributed by atoms with Gasteiger partial charge in [0.1, 0.15) is 5.38 Å². The number of benzene rings is 1. The minimum Gasteiger partial charge on any atom is -0.352 e. The highest BCUT2D eigenvalue weighted by atomic mass is 35.5. The lowest BCUT2D eigenvalue weighted by Crippen LogP contribution is -2.38. The van der Waals surface area contributed by atoms with Crippen LogP contribution in [-0.4, -0.2) is 11.9 Å². The molecule has 0 spiro atoms. The van der Waals surface area contributed by atoms with Crippen LogP contribution in [0.25, 0.3) is 0 Å². The maximum Gasteiger partial charge on any atom is 0.263 e. The summed E-state index contributed by atoms with van der Waals surface area (Å²) in [6.45, 7) is 0. The van der Waals surface area contributed by atoms with Crippen molar-refractivity contribution in [3.8, 4) is 0 Å². The average molecular weight is 302 g/mol. The molecule has 1 aromatic carbocycles. The molecule has 1 N–H and O–H groups in total. The highest BCUT2D eigenvalue weighted by Crippen LogP contribution is 2.26. The van der Waals surface area contributed by atoms with Gasteiger partial charge in [0.25, 0.3) is 6.43 Å². The number of alkyl halides is 3. The minimum absolute atomic E-state index is 0.0645. The first-order valence-electron chi connectivity index (χ1n) is 6.90. The molecule has 1 unspecified atom stereocenters. The maximum absolute atomic E-state index is 12.5. The van der Waals surface area contributed by atoms with E-state index in [-0.39, 0.29) is 17.5 Å². The van der Waals surface area contributed by atoms with Crippen molar-refractivity contribution >= 4 is 17.5 Å². The zero-order valence-electron chi connectivity index (χ0n) is 11.1. The molecule has 0 saturated heterocycles. The molecule has 0 bridgehead atoms. The van der Waals surface area contributed by atoms with Gasteiger partial charge in [0.15, 0.2) is 0 Å². The van der Waals surface area contributed by atoms with E-state index in [9.17, 15) is 13.6 Å². The van der Waals surface area contributed by atoms with Gasteiger partial charge in [-0.25, -0.2) is 8.78 Å². The van der Waals surface area contributed by atoms with Gasteiger partial charge >= 0.3 is 0 Å². The summed E-state index contributed by atoms with van der Waals surface area (Å²) in [4.78, 5) is 12.0. The summed E-state index contributed by atoms with van der Waals surface area (Å²) in [5.41, 5.74) is 0.481. The summed E-state index contributed by atoms with van der Waals surface area (Å²) in [5.74, 6) is -0.247. The molecule has 0 heterocycles. The Morgan fingerprint density at radius 1 is 1.10 bits per heavy atom. The van der Waals surface area contributed by atoms with E-state index >= 15 is 0 Å². The van der Waals surface area contributed by atoms with E-state index in [4.69, 9.17) is 11.6 Å². The largest absolute Gasteiger partial charge is 0.352 e. The molecule has 20 heavy (non-hydrogen) atoms. The summed E-state index contributed by atoms with van der Waals surface area (Å²) in [5, 5.41) is 2.11. The number of carbonyl (C=O) groups excluding carboxylic acids is 1. The molecule has 110 valence electrons. The number of halogens is 3. The summed E-state index contributed by atoms with van der Waals surface area (Å²) in [7, 11) is 0. The molecule has 1 aliphatic rings. The van der Waals surface area contributed by atoms with Gasteiger partial charge in [0.05, 0.1) is 0 Å². The van der Waals surface area contributed by atoms with Gasteiger partial charge in [-0.3, -0.25) is 4.79 Å². The summed E-state index contributed by atoms with van der Waals surface area (Å²) < 4.78 is 24.9. The quantitative estimate of drug-likeness (QED) is 0.823. The molecule has 1 atom stereocenters. The van der Waals surface area contributed by atoms with E-state index < -0.39 is 11.8 Å². The summed E-state index contributed by atoms with van der Waals surface area (Å²) in [6, 6.07) is 5.78. The van der Waals surface area contributed by atoms with E-state index in [1.807, 2.05) is 0 Å². The first kappa shape index (κ1) is 15.2. The van der Waals surface area contributed by atoms with Gasteiger partial charge < -0.3 is 5.32 Å². The van der Waals surface area contributed by atoms with Crippen LogP contribution < -0.4 is 5.32 Å². The van der Waals surface area contributed by atoms with Crippen LogP contribution in [0.5, 0.6) is 0 Å². The Labute approximate surface area is 122 Å². The zero-order valence-corrected chi connectivity index (χ0v) is 11.9. The van der Waals surface area contributed by atoms with Gasteiger partial charge in [0.2, 0.25) is 5.91 Å². The maximum atomic E-state index is 12.5. The Kier molecular flexibility index (Phi) is 5.35. The predicted molar refractivity (Wildman–Crippen MR) is 75.0 cm³/mol. The van der Waals surface area contributed by atoms with Gasteiger partial charge in [-0.2, -0.15) is 0 Å². The van der Waals surface area contributed by atoms with Gasteiger partial charge in [-0.05, 0) is 18.4 Å². The SMILES string of the molecule is O=C(NC1CCCCC1)C(Cl)c1ccc(C(F)F)cc1. The van der Waals surface area contributed by atoms with Crippen LogP contribution in [0.4, 0.5) is 8.78 Å². The lowest BCUT2D eigenvalue weighted by Gasteiger charge is -2.24. The number of rotatable bonds is 4. The second kappa shape index (κ2) is 7.02. The molecule has 1 amide bonds. The lowest BCUT2D eigenvalue weighted by atomic mass is 9.95. The summed E-state index contributed by atoms with van der Waals surface area (Å²) >= 11 is 6.11. The zero-order chi connectivity index (χ0) is 14.5. The molecule has 0 aliphatic heterocycles. The molecule has 1 fully saturated rings. The Morgan fingerprint density at radius 3 is 2.20 bits per heavy atom. The molecule has 2 nitrogen and oxygen atoms in total. The van der Waals surface area contributed by atoms with Crippen LogP contribution >= 0.6 is 11.6 Å². The number of carbonyl (C=O) groups is 1. The van der Waals surface area contributed by atoms with E-state index in [2.05, 4.69) is 5.32 Å². The molecular formula is C15H18ClF2NO. The molecular weight excluding hydrogens is 284 g/mol. The second-order valence-electron chi connectivity index (χ2n) is 5.17. The van der Waals surface area contributed by atoms with Crippen molar-refractivity contribution in [3.05, 3.63) is 35.4 Å². The first-order valence-corrected chi connectivity index (χ1v) is 7.34. The number of amides is 1. The van der Waals surface area contributed by atoms with E-state index in [0.29, 0.717) is 5.56 Å². The van der Waals surface area contributed by atoms with E-state index in [1.54, 1.807) is 0 Å². The summed E-state index contributed by atoms with van der Waals surface area (Å²) in [6.07, 6.45) is 2.93. The predicted octanol–water partition coefficient (Wildman–Crippen LogP) is 4.35. The van der Waals surface area contributed by atoms with Crippen molar-refractivity contribution in [2.75, 3.05) is 0 Å². The Balaban J connectivity index is 1.95. The number of nitrogens with one attached hydrogen (secondary N) is 1. The second-order valence-corrected chi connectivity index (χ2v) is 5.61. The van der Waals surface area contributed by atoms with Crippen molar-refractivity contribution in [1.82, 2.24) is 5.32 Å². The lowest BCUT2D eigenvalue weighted by molar-refractivity contribution is -0.121. The van der Waals surface area contributed by atoms with Gasteiger partial charge in [-0.1, -0.05) is 43.5 Å². The molecule has 2 rings (SSSR count). The van der Waals surface area contributed by atoms with Crippen LogP contribution in [0.2, 0.25) is 0 Å². The molecule has 0 radical (unpaired) electrons. The fourth-order valence-corrected chi connectivity index (χ4v) is 2.69. The average Bonchev–Trinajstić information content (AvgIpc) is 2.47. The van der Waals surface area contributed by atoms with Crippen molar-refractivity contribution in [1.29, 1.82) is 0 Å². The monoisotopic (exact) mass is 301 g/mol. The van der Waals surface area contributed by atoms with Gasteiger partial charge in [0, 0.05) is 11.6 Å². The normalized spacial score (nSPS) is 18.0. The van der Waals surface area contributed by atoms with Crippen molar-refractivity contribution in [2.45, 2.75) is 49.9 Å². The molecule has 5 heteroatoms. The van der Waals surface area contributed by atoms with E-state index in [0.717, 1.165) is 25.7 Å². The molecule has 1 aliphatic carbocycles. The van der Waals surface area contributed by atoms with Crippen LogP contribution in [0.1, 0.15) is 55.0 Å². The van der Waals surface area contributed by atoms with Gasteiger partial charge in [-0.15, -0.1) is 11.6 Å². The van der Waals surface area contributed by atoms with Crippen LogP contribution in [-0.2, 0) is 4.79 Å². The number of hydrogen-bond donors (Lipinski definition) is 1. The van der Waals surface area contributed by atoms with Crippen LogP contribution in [0, 0.1) is 0 Å². The molecule has 1 saturated carbocycles. The van der Waals surface area contributed by atoms with Crippen molar-refractivity contribution in [2.24, 2.45) is 0 Å². The third kappa shape index (κ3) is 3.92. The first-order chi connectivity index (χ1) is 9.58. The Hall–Kier alpha value is -1.16. The molecule has 1 aromatic rings. The van der Waals surface area contributed by atoms with Crippen LogP contribution in [0.15, 0.2) is 24.3 Å². The fourth-order valence-electron chi connectivity index (χ4n) is 2.48. The Morgan fingerprint density at radius 2 is 1.65 bits per heavy atom. The third-order valence-electron chi connectivity index (χ3n) is 3.66. The standard InChI is InChI=1S/C15H18ClF2NO/c16-13(10-6-8-11(9-7-10)14(17)18)15(20)19-12-4-2-1-3-5-12/h6-9,12-14H,1-5H2,(H,19,20). The minimum atomic E-state index is -2.51. The Bertz CT molecular complexity index is 444. The molecule has 0 aromatic heterocycles. The number of hydrogen-bond acceptors (Lipinski definition) is 1. The third-order valence-corrected chi connectivity index (χ3v) is 4.11.